The third kappa shape index (κ3) is 3.44. The van der Waals surface area contributed by atoms with Crippen molar-refractivity contribution in [2.45, 2.75) is 19.0 Å². The molecule has 0 bridgehead atoms. The maximum Gasteiger partial charge on any atom is 0.393 e. The number of pyridine rings is 1. The van der Waals surface area contributed by atoms with Gasteiger partial charge >= 0.3 is 6.18 Å². The number of carbonyl (C=O) groups is 1. The van der Waals surface area contributed by atoms with E-state index in [1.54, 1.807) is 0 Å². The minimum atomic E-state index is -4.28. The Morgan fingerprint density at radius 2 is 2.20 bits per heavy atom. The van der Waals surface area contributed by atoms with Gasteiger partial charge in [-0.2, -0.15) is 13.2 Å². The van der Waals surface area contributed by atoms with E-state index < -0.39 is 18.0 Å². The van der Waals surface area contributed by atoms with E-state index in [-0.39, 0.29) is 23.7 Å². The lowest BCUT2D eigenvalue weighted by atomic mass is 9.97. The van der Waals surface area contributed by atoms with Gasteiger partial charge in [0.2, 0.25) is 0 Å². The number of hydrogen-bond acceptors (Lipinski definition) is 2. The van der Waals surface area contributed by atoms with Crippen LogP contribution >= 0.6 is 27.5 Å². The molecule has 1 aromatic heterocycles. The average molecular weight is 372 g/mol. The number of amides is 1. The van der Waals surface area contributed by atoms with Crippen molar-refractivity contribution in [3.05, 3.63) is 27.5 Å². The Balaban J connectivity index is 2.18. The van der Waals surface area contributed by atoms with Crippen LogP contribution in [0.1, 0.15) is 23.2 Å². The fraction of sp³-hybridized carbons (Fsp3) is 0.500. The molecule has 110 valence electrons. The highest BCUT2D eigenvalue weighted by atomic mass is 79.9. The molecule has 0 aromatic carbocycles. The highest BCUT2D eigenvalue weighted by Crippen LogP contribution is 2.34. The monoisotopic (exact) mass is 370 g/mol. The van der Waals surface area contributed by atoms with E-state index in [1.165, 1.54) is 17.2 Å². The van der Waals surface area contributed by atoms with Gasteiger partial charge in [0.1, 0.15) is 5.15 Å². The topological polar surface area (TPSA) is 33.2 Å². The van der Waals surface area contributed by atoms with E-state index in [1.807, 2.05) is 0 Å². The Hall–Kier alpha value is -0.820. The van der Waals surface area contributed by atoms with Crippen molar-refractivity contribution in [1.82, 2.24) is 9.88 Å². The number of aromatic nitrogens is 1. The average Bonchev–Trinajstić information content (AvgIpc) is 2.40. The van der Waals surface area contributed by atoms with Crippen LogP contribution in [0.3, 0.4) is 0 Å². The third-order valence-corrected chi connectivity index (χ3v) is 3.94. The van der Waals surface area contributed by atoms with E-state index in [9.17, 15) is 18.0 Å². The van der Waals surface area contributed by atoms with Crippen molar-refractivity contribution in [2.24, 2.45) is 5.92 Å². The Bertz CT molecular complexity index is 524. The highest BCUT2D eigenvalue weighted by molar-refractivity contribution is 9.10. The molecular formula is C12H11BrClF3N2O. The maximum absolute atomic E-state index is 12.7. The number of rotatable bonds is 1. The normalized spacial score (nSPS) is 20.1. The first-order chi connectivity index (χ1) is 9.29. The molecule has 1 atom stereocenters. The van der Waals surface area contributed by atoms with Crippen LogP contribution in [0.4, 0.5) is 13.2 Å². The maximum atomic E-state index is 12.7. The summed E-state index contributed by atoms with van der Waals surface area (Å²) >= 11 is 9.00. The Kier molecular flexibility index (Phi) is 4.59. The first-order valence-electron chi connectivity index (χ1n) is 5.96. The largest absolute Gasteiger partial charge is 0.393 e. The molecule has 0 aliphatic carbocycles. The summed E-state index contributed by atoms with van der Waals surface area (Å²) in [6.07, 6.45) is -2.47. The van der Waals surface area contributed by atoms with Crippen LogP contribution in [0.25, 0.3) is 0 Å². The van der Waals surface area contributed by atoms with E-state index in [0.717, 1.165) is 0 Å². The van der Waals surface area contributed by atoms with E-state index in [0.29, 0.717) is 17.4 Å². The van der Waals surface area contributed by atoms with Crippen LogP contribution in [0, 0.1) is 5.92 Å². The van der Waals surface area contributed by atoms with Gasteiger partial charge in [-0.1, -0.05) is 11.6 Å². The van der Waals surface area contributed by atoms with E-state index >= 15 is 0 Å². The smallest absolute Gasteiger partial charge is 0.338 e. The number of alkyl halides is 3. The lowest BCUT2D eigenvalue weighted by molar-refractivity contribution is -0.184. The van der Waals surface area contributed by atoms with E-state index in [4.69, 9.17) is 11.6 Å². The molecule has 0 spiro atoms. The number of nitrogens with zero attached hydrogens (tertiary/aromatic N) is 2. The van der Waals surface area contributed by atoms with Gasteiger partial charge < -0.3 is 4.90 Å². The van der Waals surface area contributed by atoms with Crippen LogP contribution in [-0.2, 0) is 0 Å². The molecule has 8 heteroatoms. The number of halogens is 5. The van der Waals surface area contributed by atoms with Crippen LogP contribution in [0.5, 0.6) is 0 Å². The standard InChI is InChI=1S/C12H11BrClF3N2O/c13-8-4-9(10(14)18-5-8)11(20)19-3-1-2-7(6-19)12(15,16)17/h4-5,7H,1-3,6H2. The molecule has 3 nitrogen and oxygen atoms in total. The molecule has 0 N–H and O–H groups in total. The summed E-state index contributed by atoms with van der Waals surface area (Å²) < 4.78 is 38.8. The van der Waals surface area contributed by atoms with Gasteiger partial charge in [0.25, 0.3) is 5.91 Å². The molecule has 1 saturated heterocycles. The van der Waals surface area contributed by atoms with Crippen molar-refractivity contribution < 1.29 is 18.0 Å². The molecule has 2 heterocycles. The summed E-state index contributed by atoms with van der Waals surface area (Å²) in [4.78, 5) is 17.3. The summed E-state index contributed by atoms with van der Waals surface area (Å²) in [6, 6.07) is 1.47. The van der Waals surface area contributed by atoms with Crippen molar-refractivity contribution >= 4 is 33.4 Å². The zero-order chi connectivity index (χ0) is 14.9. The van der Waals surface area contributed by atoms with E-state index in [2.05, 4.69) is 20.9 Å². The van der Waals surface area contributed by atoms with Gasteiger partial charge in [-0.05, 0) is 34.8 Å². The summed E-state index contributed by atoms with van der Waals surface area (Å²) in [5.41, 5.74) is 0.115. The molecule has 20 heavy (non-hydrogen) atoms. The van der Waals surface area contributed by atoms with Crippen LogP contribution in [-0.4, -0.2) is 35.1 Å². The summed E-state index contributed by atoms with van der Waals surface area (Å²) in [7, 11) is 0. The third-order valence-electron chi connectivity index (χ3n) is 3.21. The molecular weight excluding hydrogens is 360 g/mol. The first kappa shape index (κ1) is 15.6. The second kappa shape index (κ2) is 5.89. The van der Waals surface area contributed by atoms with Crippen LogP contribution < -0.4 is 0 Å². The number of piperidine rings is 1. The zero-order valence-corrected chi connectivity index (χ0v) is 12.6. The minimum Gasteiger partial charge on any atom is -0.338 e. The lowest BCUT2D eigenvalue weighted by Crippen LogP contribution is -2.44. The molecule has 1 fully saturated rings. The van der Waals surface area contributed by atoms with Crippen molar-refractivity contribution in [3.63, 3.8) is 0 Å². The molecule has 0 radical (unpaired) electrons. The van der Waals surface area contributed by atoms with Gasteiger partial charge in [-0.25, -0.2) is 4.98 Å². The predicted octanol–water partition coefficient (Wildman–Crippen LogP) is 3.91. The molecule has 1 aliphatic rings. The lowest BCUT2D eigenvalue weighted by Gasteiger charge is -2.33. The van der Waals surface area contributed by atoms with Crippen molar-refractivity contribution in [2.75, 3.05) is 13.1 Å². The van der Waals surface area contributed by atoms with Gasteiger partial charge in [0.15, 0.2) is 0 Å². The fourth-order valence-corrected chi connectivity index (χ4v) is 2.69. The number of hydrogen-bond donors (Lipinski definition) is 0. The molecule has 1 unspecified atom stereocenters. The predicted molar refractivity (Wildman–Crippen MR) is 71.6 cm³/mol. The number of carbonyl (C=O) groups excluding carboxylic acids is 1. The Morgan fingerprint density at radius 1 is 1.50 bits per heavy atom. The van der Waals surface area contributed by atoms with Gasteiger partial charge in [0.05, 0.1) is 11.5 Å². The van der Waals surface area contributed by atoms with Crippen molar-refractivity contribution in [1.29, 1.82) is 0 Å². The molecule has 1 aromatic rings. The molecule has 0 saturated carbocycles. The second-order valence-electron chi connectivity index (χ2n) is 4.62. The van der Waals surface area contributed by atoms with Crippen LogP contribution in [0.2, 0.25) is 5.15 Å². The summed E-state index contributed by atoms with van der Waals surface area (Å²) in [5, 5.41) is -0.00710. The second-order valence-corrected chi connectivity index (χ2v) is 5.90. The quantitative estimate of drug-likeness (QED) is 0.701. The zero-order valence-electron chi connectivity index (χ0n) is 10.3. The Labute approximate surface area is 127 Å². The van der Waals surface area contributed by atoms with Gasteiger partial charge in [-0.15, -0.1) is 0 Å². The fourth-order valence-electron chi connectivity index (χ4n) is 2.17. The first-order valence-corrected chi connectivity index (χ1v) is 7.13. The van der Waals surface area contributed by atoms with Gasteiger partial charge in [-0.3, -0.25) is 4.79 Å². The summed E-state index contributed by atoms with van der Waals surface area (Å²) in [6.45, 7) is -0.0283. The molecule has 1 amide bonds. The summed E-state index contributed by atoms with van der Waals surface area (Å²) in [5.74, 6) is -1.99. The molecule has 1 aliphatic heterocycles. The minimum absolute atomic E-state index is 0.00710. The Morgan fingerprint density at radius 3 is 2.85 bits per heavy atom. The van der Waals surface area contributed by atoms with Crippen molar-refractivity contribution in [3.8, 4) is 0 Å². The SMILES string of the molecule is O=C(c1cc(Br)cnc1Cl)N1CCCC(C(F)(F)F)C1. The number of likely N-dealkylation sites (tertiary alicyclic amines) is 1. The molecule has 2 rings (SSSR count). The van der Waals surface area contributed by atoms with Gasteiger partial charge in [0, 0.05) is 23.8 Å². The highest BCUT2D eigenvalue weighted by Gasteiger charge is 2.42. The van der Waals surface area contributed by atoms with Crippen LogP contribution in [0.15, 0.2) is 16.7 Å².